The number of aryl methyl sites for hydroxylation is 1. The Hall–Kier alpha value is -1.93. The number of ether oxygens (including phenoxy) is 1. The van der Waals surface area contributed by atoms with Gasteiger partial charge in [-0.2, -0.15) is 5.10 Å². The maximum Gasteiger partial charge on any atom is 0.349 e. The normalized spacial score (nSPS) is 18.3. The first-order chi connectivity index (χ1) is 9.57. The number of aliphatic hydroxyl groups is 1. The summed E-state index contributed by atoms with van der Waals surface area (Å²) in [5, 5.41) is 19.8. The van der Waals surface area contributed by atoms with Gasteiger partial charge in [0.2, 0.25) is 0 Å². The van der Waals surface area contributed by atoms with Crippen LogP contribution < -0.4 is 11.0 Å². The van der Waals surface area contributed by atoms with Crippen LogP contribution in [0.25, 0.3) is 5.65 Å². The number of hydrogen-bond donors (Lipinski definition) is 3. The summed E-state index contributed by atoms with van der Waals surface area (Å²) >= 11 is 0. The van der Waals surface area contributed by atoms with Gasteiger partial charge in [-0.05, 0) is 6.92 Å². The lowest BCUT2D eigenvalue weighted by atomic mass is 9.94. The van der Waals surface area contributed by atoms with E-state index in [9.17, 15) is 9.90 Å². The molecule has 0 aromatic carbocycles. The van der Waals surface area contributed by atoms with E-state index in [0.717, 1.165) is 0 Å². The molecule has 3 N–H and O–H groups in total. The van der Waals surface area contributed by atoms with Crippen LogP contribution in [0.5, 0.6) is 0 Å². The van der Waals surface area contributed by atoms with Gasteiger partial charge in [-0.15, -0.1) is 0 Å². The van der Waals surface area contributed by atoms with Crippen molar-refractivity contribution in [1.82, 2.24) is 19.6 Å². The Kier molecular flexibility index (Phi) is 3.19. The molecule has 1 fully saturated rings. The van der Waals surface area contributed by atoms with E-state index >= 15 is 0 Å². The van der Waals surface area contributed by atoms with Crippen molar-refractivity contribution >= 4 is 11.5 Å². The maximum atomic E-state index is 11.5. The third-order valence-electron chi connectivity index (χ3n) is 3.59. The lowest BCUT2D eigenvalue weighted by Crippen LogP contribution is -2.42. The molecule has 0 aliphatic carbocycles. The first-order valence-electron chi connectivity index (χ1n) is 6.56. The van der Waals surface area contributed by atoms with Gasteiger partial charge in [0.05, 0.1) is 5.60 Å². The van der Waals surface area contributed by atoms with Gasteiger partial charge in [-0.1, -0.05) is 0 Å². The van der Waals surface area contributed by atoms with Crippen LogP contribution in [-0.4, -0.2) is 50.0 Å². The minimum absolute atomic E-state index is 0.306. The van der Waals surface area contributed by atoms with E-state index < -0.39 is 5.60 Å². The molecule has 0 saturated carbocycles. The molecule has 3 rings (SSSR count). The molecule has 1 saturated heterocycles. The zero-order chi connectivity index (χ0) is 14.2. The Bertz CT molecular complexity index is 671. The van der Waals surface area contributed by atoms with Crippen molar-refractivity contribution in [1.29, 1.82) is 0 Å². The summed E-state index contributed by atoms with van der Waals surface area (Å²) in [6.07, 6.45) is 1.20. The van der Waals surface area contributed by atoms with E-state index in [0.29, 0.717) is 49.9 Å². The van der Waals surface area contributed by atoms with Crippen LogP contribution in [-0.2, 0) is 4.74 Å². The molecular formula is C12H17N5O3. The van der Waals surface area contributed by atoms with E-state index in [4.69, 9.17) is 4.74 Å². The molecule has 108 valence electrons. The van der Waals surface area contributed by atoms with Gasteiger partial charge in [0, 0.05) is 38.7 Å². The van der Waals surface area contributed by atoms with Gasteiger partial charge in [-0.25, -0.2) is 19.3 Å². The molecule has 1 aliphatic rings. The quantitative estimate of drug-likeness (QED) is 0.711. The number of nitrogens with zero attached hydrogens (tertiary/aromatic N) is 3. The first kappa shape index (κ1) is 13.1. The minimum atomic E-state index is -0.773. The highest BCUT2D eigenvalue weighted by molar-refractivity contribution is 5.49. The predicted molar refractivity (Wildman–Crippen MR) is 71.8 cm³/mol. The highest BCUT2D eigenvalue weighted by atomic mass is 16.5. The van der Waals surface area contributed by atoms with Crippen LogP contribution in [0.1, 0.15) is 18.7 Å². The van der Waals surface area contributed by atoms with Crippen LogP contribution in [0.4, 0.5) is 5.82 Å². The van der Waals surface area contributed by atoms with Gasteiger partial charge in [-0.3, -0.25) is 0 Å². The molecule has 2 aromatic heterocycles. The second kappa shape index (κ2) is 4.88. The third-order valence-corrected chi connectivity index (χ3v) is 3.59. The summed E-state index contributed by atoms with van der Waals surface area (Å²) in [5.41, 5.74) is -0.575. The fourth-order valence-corrected chi connectivity index (χ4v) is 2.37. The Balaban J connectivity index is 1.79. The van der Waals surface area contributed by atoms with Gasteiger partial charge in [0.1, 0.15) is 11.6 Å². The second-order valence-electron chi connectivity index (χ2n) is 5.10. The number of H-pyrrole nitrogens is 1. The molecule has 0 spiro atoms. The molecule has 3 heterocycles. The lowest BCUT2D eigenvalue weighted by molar-refractivity contribution is -0.0543. The molecule has 0 bridgehead atoms. The number of nitrogens with one attached hydrogen (secondary N) is 2. The molecule has 0 unspecified atom stereocenters. The molecule has 0 amide bonds. The number of anilines is 1. The van der Waals surface area contributed by atoms with Crippen LogP contribution >= 0.6 is 0 Å². The van der Waals surface area contributed by atoms with E-state index in [1.807, 2.05) is 0 Å². The Morgan fingerprint density at radius 1 is 1.55 bits per heavy atom. The topological polar surface area (TPSA) is 105 Å². The van der Waals surface area contributed by atoms with Crippen LogP contribution in [0.2, 0.25) is 0 Å². The summed E-state index contributed by atoms with van der Waals surface area (Å²) in [4.78, 5) is 15.8. The molecule has 20 heavy (non-hydrogen) atoms. The molecule has 0 atom stereocenters. The fraction of sp³-hybridized carbons (Fsp3) is 0.583. The SMILES string of the molecule is Cc1nc(NCC2(O)CCOCC2)cc2n[nH]c(=O)n12. The summed E-state index contributed by atoms with van der Waals surface area (Å²) in [7, 11) is 0. The van der Waals surface area contributed by atoms with Crippen molar-refractivity contribution in [2.75, 3.05) is 25.1 Å². The average molecular weight is 279 g/mol. The lowest BCUT2D eigenvalue weighted by Gasteiger charge is -2.32. The Morgan fingerprint density at radius 3 is 3.05 bits per heavy atom. The van der Waals surface area contributed by atoms with Crippen molar-refractivity contribution in [3.05, 3.63) is 22.4 Å². The Morgan fingerprint density at radius 2 is 2.30 bits per heavy atom. The van der Waals surface area contributed by atoms with Crippen molar-refractivity contribution in [3.8, 4) is 0 Å². The van der Waals surface area contributed by atoms with Crippen LogP contribution in [0.15, 0.2) is 10.9 Å². The van der Waals surface area contributed by atoms with Crippen LogP contribution in [0.3, 0.4) is 0 Å². The average Bonchev–Trinajstić information content (AvgIpc) is 2.80. The van der Waals surface area contributed by atoms with Gasteiger partial charge in [0.25, 0.3) is 0 Å². The van der Waals surface area contributed by atoms with Crippen molar-refractivity contribution < 1.29 is 9.84 Å². The highest BCUT2D eigenvalue weighted by Gasteiger charge is 2.29. The molecule has 8 heteroatoms. The first-order valence-corrected chi connectivity index (χ1v) is 6.56. The van der Waals surface area contributed by atoms with Crippen molar-refractivity contribution in [2.24, 2.45) is 0 Å². The zero-order valence-corrected chi connectivity index (χ0v) is 11.2. The number of fused-ring (bicyclic) bond motifs is 1. The smallest absolute Gasteiger partial charge is 0.349 e. The largest absolute Gasteiger partial charge is 0.388 e. The van der Waals surface area contributed by atoms with Gasteiger partial charge >= 0.3 is 5.69 Å². The van der Waals surface area contributed by atoms with E-state index in [-0.39, 0.29) is 5.69 Å². The van der Waals surface area contributed by atoms with E-state index in [1.54, 1.807) is 13.0 Å². The number of aromatic nitrogens is 4. The second-order valence-corrected chi connectivity index (χ2v) is 5.10. The summed E-state index contributed by atoms with van der Waals surface area (Å²) in [6.45, 7) is 3.27. The highest BCUT2D eigenvalue weighted by Crippen LogP contribution is 2.21. The molecule has 2 aromatic rings. The summed E-state index contributed by atoms with van der Waals surface area (Å²) in [5.74, 6) is 1.14. The zero-order valence-electron chi connectivity index (χ0n) is 11.2. The standard InChI is InChI=1S/C12H17N5O3/c1-8-14-9(6-10-15-16-11(18)17(8)10)13-7-12(19)2-4-20-5-3-12/h6,13,19H,2-5,7H2,1H3,(H,16,18). The number of aromatic amines is 1. The molecular weight excluding hydrogens is 262 g/mol. The Labute approximate surface area is 114 Å². The minimum Gasteiger partial charge on any atom is -0.388 e. The van der Waals surface area contributed by atoms with Gasteiger partial charge in [0.15, 0.2) is 5.65 Å². The van der Waals surface area contributed by atoms with Gasteiger partial charge < -0.3 is 15.2 Å². The number of hydrogen-bond acceptors (Lipinski definition) is 6. The monoisotopic (exact) mass is 279 g/mol. The summed E-state index contributed by atoms with van der Waals surface area (Å²) < 4.78 is 6.64. The van der Waals surface area contributed by atoms with Crippen molar-refractivity contribution in [3.63, 3.8) is 0 Å². The predicted octanol–water partition coefficient (Wildman–Crippen LogP) is -0.321. The molecule has 0 radical (unpaired) electrons. The number of rotatable bonds is 3. The summed E-state index contributed by atoms with van der Waals surface area (Å²) in [6, 6.07) is 1.67. The molecule has 1 aliphatic heterocycles. The van der Waals surface area contributed by atoms with E-state index in [2.05, 4.69) is 20.5 Å². The third kappa shape index (κ3) is 2.39. The fourth-order valence-electron chi connectivity index (χ4n) is 2.37. The maximum absolute atomic E-state index is 11.5. The van der Waals surface area contributed by atoms with Crippen molar-refractivity contribution in [2.45, 2.75) is 25.4 Å². The molecule has 8 nitrogen and oxygen atoms in total. The van der Waals surface area contributed by atoms with E-state index in [1.165, 1.54) is 4.40 Å². The van der Waals surface area contributed by atoms with Crippen LogP contribution in [0, 0.1) is 6.92 Å².